The van der Waals surface area contributed by atoms with Gasteiger partial charge in [-0.1, -0.05) is 29.4 Å². The molecule has 3 rings (SSSR count). The third-order valence-electron chi connectivity index (χ3n) is 4.39. The van der Waals surface area contributed by atoms with Crippen molar-refractivity contribution >= 4 is 11.7 Å². The zero-order valence-electron chi connectivity index (χ0n) is 13.9. The van der Waals surface area contributed by atoms with Crippen LogP contribution in [-0.2, 0) is 11.2 Å². The Hall–Kier alpha value is -2.18. The normalized spacial score (nSPS) is 16.4. The molecule has 1 aliphatic carbocycles. The van der Waals surface area contributed by atoms with Crippen LogP contribution in [0, 0.1) is 6.92 Å². The molecular formula is C18H23N3O3. The van der Waals surface area contributed by atoms with Gasteiger partial charge in [-0.15, -0.1) is 0 Å². The number of anilines is 1. The summed E-state index contributed by atoms with van der Waals surface area (Å²) in [6.45, 7) is 2.85. The minimum atomic E-state index is -0.120. The number of carbonyl (C=O) groups excluding carboxylic acids is 1. The second-order valence-corrected chi connectivity index (χ2v) is 6.17. The molecular weight excluding hydrogens is 306 g/mol. The van der Waals surface area contributed by atoms with E-state index in [1.165, 1.54) is 11.1 Å². The predicted octanol–water partition coefficient (Wildman–Crippen LogP) is 2.29. The van der Waals surface area contributed by atoms with Gasteiger partial charge < -0.3 is 14.9 Å². The highest BCUT2D eigenvalue weighted by molar-refractivity contribution is 5.91. The van der Waals surface area contributed by atoms with Crippen molar-refractivity contribution in [1.29, 1.82) is 0 Å². The third-order valence-corrected chi connectivity index (χ3v) is 4.39. The summed E-state index contributed by atoms with van der Waals surface area (Å²) >= 11 is 0. The highest BCUT2D eigenvalue weighted by Gasteiger charge is 2.28. The van der Waals surface area contributed by atoms with Crippen LogP contribution in [-0.4, -0.2) is 40.8 Å². The summed E-state index contributed by atoms with van der Waals surface area (Å²) in [5.74, 6) is 0.976. The molecule has 6 heteroatoms. The number of benzene rings is 1. The summed E-state index contributed by atoms with van der Waals surface area (Å²) in [5.41, 5.74) is 2.64. The molecule has 0 unspecified atom stereocenters. The monoisotopic (exact) mass is 329 g/mol. The van der Waals surface area contributed by atoms with E-state index in [4.69, 9.17) is 4.52 Å². The van der Waals surface area contributed by atoms with Crippen molar-refractivity contribution in [2.75, 3.05) is 25.0 Å². The van der Waals surface area contributed by atoms with Gasteiger partial charge >= 0.3 is 0 Å². The number of aryl methyl sites for hydroxylation is 2. The van der Waals surface area contributed by atoms with Crippen molar-refractivity contribution in [1.82, 2.24) is 10.1 Å². The molecule has 6 nitrogen and oxygen atoms in total. The van der Waals surface area contributed by atoms with E-state index in [9.17, 15) is 9.90 Å². The van der Waals surface area contributed by atoms with Gasteiger partial charge in [0.1, 0.15) is 5.76 Å². The Kier molecular flexibility index (Phi) is 5.27. The zero-order valence-corrected chi connectivity index (χ0v) is 13.9. The van der Waals surface area contributed by atoms with Gasteiger partial charge in [-0.25, -0.2) is 0 Å². The van der Waals surface area contributed by atoms with Gasteiger partial charge in [-0.05, 0) is 37.3 Å². The Balaban J connectivity index is 1.69. The van der Waals surface area contributed by atoms with Crippen molar-refractivity contribution in [3.63, 3.8) is 0 Å². The van der Waals surface area contributed by atoms with E-state index in [1.54, 1.807) is 13.0 Å². The third kappa shape index (κ3) is 3.83. The maximum absolute atomic E-state index is 12.4. The average molecular weight is 329 g/mol. The predicted molar refractivity (Wildman–Crippen MR) is 90.6 cm³/mol. The summed E-state index contributed by atoms with van der Waals surface area (Å²) in [6, 6.07) is 10.3. The van der Waals surface area contributed by atoms with E-state index in [0.29, 0.717) is 24.5 Å². The lowest BCUT2D eigenvalue weighted by Crippen LogP contribution is -2.36. The maximum Gasteiger partial charge on any atom is 0.239 e. The molecule has 2 aromatic rings. The lowest BCUT2D eigenvalue weighted by molar-refractivity contribution is -0.118. The van der Waals surface area contributed by atoms with Crippen molar-refractivity contribution in [3.8, 4) is 0 Å². The van der Waals surface area contributed by atoms with Gasteiger partial charge in [0.05, 0.1) is 6.54 Å². The van der Waals surface area contributed by atoms with Crippen LogP contribution < -0.4 is 5.32 Å². The van der Waals surface area contributed by atoms with Crippen LogP contribution >= 0.6 is 0 Å². The minimum absolute atomic E-state index is 0.120. The number of hydrogen-bond acceptors (Lipinski definition) is 5. The molecule has 0 bridgehead atoms. The SMILES string of the molecule is Cc1cc(NC(=O)CN(CCCO)[C@H]2CCc3ccccc32)no1. The minimum Gasteiger partial charge on any atom is -0.396 e. The Morgan fingerprint density at radius 1 is 1.46 bits per heavy atom. The molecule has 1 heterocycles. The number of nitrogens with one attached hydrogen (secondary N) is 1. The summed E-state index contributed by atoms with van der Waals surface area (Å²) in [5, 5.41) is 15.7. The van der Waals surface area contributed by atoms with Crippen molar-refractivity contribution in [3.05, 3.63) is 47.2 Å². The highest BCUT2D eigenvalue weighted by atomic mass is 16.5. The molecule has 2 N–H and O–H groups in total. The number of aliphatic hydroxyl groups is 1. The molecule has 0 aliphatic heterocycles. The van der Waals surface area contributed by atoms with E-state index >= 15 is 0 Å². The Labute approximate surface area is 141 Å². The standard InChI is InChI=1S/C18H23N3O3/c1-13-11-17(20-24-13)19-18(23)12-21(9-4-10-22)16-8-7-14-5-2-3-6-15(14)16/h2-3,5-6,11,16,22H,4,7-10,12H2,1H3,(H,19,20,23)/t16-/m0/s1. The Bertz CT molecular complexity index is 698. The van der Waals surface area contributed by atoms with Crippen LogP contribution in [0.5, 0.6) is 0 Å². The topological polar surface area (TPSA) is 78.6 Å². The first-order valence-electron chi connectivity index (χ1n) is 8.33. The quantitative estimate of drug-likeness (QED) is 0.815. The second kappa shape index (κ2) is 7.59. The van der Waals surface area contributed by atoms with Crippen LogP contribution in [0.25, 0.3) is 0 Å². The molecule has 0 fully saturated rings. The molecule has 0 spiro atoms. The van der Waals surface area contributed by atoms with E-state index in [-0.39, 0.29) is 25.1 Å². The van der Waals surface area contributed by atoms with Crippen molar-refractivity contribution in [2.45, 2.75) is 32.2 Å². The molecule has 1 aliphatic rings. The number of fused-ring (bicyclic) bond motifs is 1. The van der Waals surface area contributed by atoms with Crippen LogP contribution in [0.2, 0.25) is 0 Å². The number of nitrogens with zero attached hydrogens (tertiary/aromatic N) is 2. The fourth-order valence-corrected chi connectivity index (χ4v) is 3.32. The van der Waals surface area contributed by atoms with Gasteiger partial charge in [0, 0.05) is 25.3 Å². The van der Waals surface area contributed by atoms with Crippen LogP contribution in [0.3, 0.4) is 0 Å². The lowest BCUT2D eigenvalue weighted by Gasteiger charge is -2.28. The largest absolute Gasteiger partial charge is 0.396 e. The van der Waals surface area contributed by atoms with Crippen molar-refractivity contribution < 1.29 is 14.4 Å². The molecule has 24 heavy (non-hydrogen) atoms. The van der Waals surface area contributed by atoms with Gasteiger partial charge in [0.2, 0.25) is 5.91 Å². The first-order chi connectivity index (χ1) is 11.7. The van der Waals surface area contributed by atoms with Gasteiger partial charge in [-0.2, -0.15) is 0 Å². The van der Waals surface area contributed by atoms with Gasteiger partial charge in [0.15, 0.2) is 5.82 Å². The van der Waals surface area contributed by atoms with E-state index in [2.05, 4.69) is 33.6 Å². The zero-order chi connectivity index (χ0) is 16.9. The van der Waals surface area contributed by atoms with Crippen LogP contribution in [0.4, 0.5) is 5.82 Å². The summed E-state index contributed by atoms with van der Waals surface area (Å²) in [6.07, 6.45) is 2.68. The first kappa shape index (κ1) is 16.7. The molecule has 128 valence electrons. The molecule has 0 radical (unpaired) electrons. The van der Waals surface area contributed by atoms with Crippen LogP contribution in [0.15, 0.2) is 34.9 Å². The number of carbonyl (C=O) groups is 1. The molecule has 0 saturated heterocycles. The lowest BCUT2D eigenvalue weighted by atomic mass is 10.1. The van der Waals surface area contributed by atoms with E-state index < -0.39 is 0 Å². The fourth-order valence-electron chi connectivity index (χ4n) is 3.32. The number of amides is 1. The molecule has 1 aromatic heterocycles. The number of hydrogen-bond donors (Lipinski definition) is 2. The Morgan fingerprint density at radius 2 is 2.29 bits per heavy atom. The highest BCUT2D eigenvalue weighted by Crippen LogP contribution is 2.35. The fraction of sp³-hybridized carbons (Fsp3) is 0.444. The average Bonchev–Trinajstić information content (AvgIpc) is 3.17. The number of aliphatic hydroxyl groups excluding tert-OH is 1. The first-order valence-corrected chi connectivity index (χ1v) is 8.33. The smallest absolute Gasteiger partial charge is 0.239 e. The van der Waals surface area contributed by atoms with Crippen LogP contribution in [0.1, 0.15) is 35.8 Å². The van der Waals surface area contributed by atoms with Gasteiger partial charge in [0.25, 0.3) is 0 Å². The summed E-state index contributed by atoms with van der Waals surface area (Å²) < 4.78 is 4.97. The molecule has 1 aromatic carbocycles. The second-order valence-electron chi connectivity index (χ2n) is 6.17. The summed E-state index contributed by atoms with van der Waals surface area (Å²) in [4.78, 5) is 14.5. The van der Waals surface area contributed by atoms with Gasteiger partial charge in [-0.3, -0.25) is 9.69 Å². The molecule has 1 amide bonds. The molecule has 1 atom stereocenters. The van der Waals surface area contributed by atoms with E-state index in [0.717, 1.165) is 12.8 Å². The number of aromatic nitrogens is 1. The molecule has 0 saturated carbocycles. The summed E-state index contributed by atoms with van der Waals surface area (Å²) in [7, 11) is 0. The maximum atomic E-state index is 12.4. The van der Waals surface area contributed by atoms with E-state index in [1.807, 2.05) is 6.07 Å². The Morgan fingerprint density at radius 3 is 3.04 bits per heavy atom. The van der Waals surface area contributed by atoms with Crippen molar-refractivity contribution in [2.24, 2.45) is 0 Å². The number of rotatable bonds is 7.